The van der Waals surface area contributed by atoms with Crippen LogP contribution in [0, 0.1) is 6.92 Å². The van der Waals surface area contributed by atoms with Crippen LogP contribution in [0.1, 0.15) is 5.56 Å². The standard InChI is InChI=1S/C20H19NO2S/c1-3-14-21(20-11-7-4-8-16(20)2)24(22,23)19-13-12-17-9-5-6-10-18(17)15-19/h3-13,15H,1,14H2,2H3. The van der Waals surface area contributed by atoms with Gasteiger partial charge in [0.1, 0.15) is 0 Å². The Kier molecular flexibility index (Phi) is 4.40. The largest absolute Gasteiger partial charge is 0.264 e. The SMILES string of the molecule is C=CCN(c1ccccc1C)S(=O)(=O)c1ccc2ccccc2c1. The van der Waals surface area contributed by atoms with Crippen molar-refractivity contribution in [1.82, 2.24) is 0 Å². The highest BCUT2D eigenvalue weighted by Gasteiger charge is 2.25. The van der Waals surface area contributed by atoms with E-state index >= 15 is 0 Å². The van der Waals surface area contributed by atoms with Crippen molar-refractivity contribution in [2.24, 2.45) is 0 Å². The van der Waals surface area contributed by atoms with Gasteiger partial charge in [-0.15, -0.1) is 6.58 Å². The van der Waals surface area contributed by atoms with Crippen LogP contribution in [-0.4, -0.2) is 15.0 Å². The van der Waals surface area contributed by atoms with Gasteiger partial charge in [-0.2, -0.15) is 0 Å². The molecule has 24 heavy (non-hydrogen) atoms. The highest BCUT2D eigenvalue weighted by atomic mass is 32.2. The van der Waals surface area contributed by atoms with E-state index in [0.717, 1.165) is 16.3 Å². The molecule has 0 spiro atoms. The number of hydrogen-bond acceptors (Lipinski definition) is 2. The maximum Gasteiger partial charge on any atom is 0.264 e. The molecule has 3 aromatic carbocycles. The molecular weight excluding hydrogens is 318 g/mol. The molecule has 0 atom stereocenters. The van der Waals surface area contributed by atoms with Gasteiger partial charge in [-0.25, -0.2) is 8.42 Å². The Bertz CT molecular complexity index is 993. The smallest absolute Gasteiger partial charge is 0.262 e. The summed E-state index contributed by atoms with van der Waals surface area (Å²) in [5.74, 6) is 0. The van der Waals surface area contributed by atoms with Gasteiger partial charge in [0.05, 0.1) is 17.1 Å². The Labute approximate surface area is 142 Å². The first-order valence-electron chi connectivity index (χ1n) is 7.72. The van der Waals surface area contributed by atoms with Crippen LogP contribution in [0.15, 0.2) is 84.3 Å². The van der Waals surface area contributed by atoms with Crippen molar-refractivity contribution in [2.75, 3.05) is 10.8 Å². The van der Waals surface area contributed by atoms with Crippen molar-refractivity contribution in [3.63, 3.8) is 0 Å². The second-order valence-corrected chi connectivity index (χ2v) is 7.48. The molecule has 0 unspecified atom stereocenters. The van der Waals surface area contributed by atoms with E-state index in [1.807, 2.05) is 61.5 Å². The first kappa shape index (κ1) is 16.3. The van der Waals surface area contributed by atoms with Crippen molar-refractivity contribution in [3.8, 4) is 0 Å². The number of rotatable bonds is 5. The predicted molar refractivity (Wildman–Crippen MR) is 99.9 cm³/mol. The Morgan fingerprint density at radius 1 is 0.958 bits per heavy atom. The van der Waals surface area contributed by atoms with Crippen molar-refractivity contribution < 1.29 is 8.42 Å². The zero-order valence-corrected chi connectivity index (χ0v) is 14.3. The summed E-state index contributed by atoms with van der Waals surface area (Å²) >= 11 is 0. The van der Waals surface area contributed by atoms with Gasteiger partial charge in [-0.05, 0) is 41.5 Å². The zero-order chi connectivity index (χ0) is 17.2. The maximum atomic E-state index is 13.2. The van der Waals surface area contributed by atoms with Crippen molar-refractivity contribution in [1.29, 1.82) is 0 Å². The lowest BCUT2D eigenvalue weighted by Gasteiger charge is -2.25. The van der Waals surface area contributed by atoms with E-state index in [2.05, 4.69) is 6.58 Å². The van der Waals surface area contributed by atoms with Crippen LogP contribution in [0.2, 0.25) is 0 Å². The van der Waals surface area contributed by atoms with Crippen LogP contribution in [-0.2, 0) is 10.0 Å². The minimum absolute atomic E-state index is 0.222. The van der Waals surface area contributed by atoms with Gasteiger partial charge >= 0.3 is 0 Å². The number of hydrogen-bond donors (Lipinski definition) is 0. The van der Waals surface area contributed by atoms with Gasteiger partial charge in [0.15, 0.2) is 0 Å². The summed E-state index contributed by atoms with van der Waals surface area (Å²) in [5, 5.41) is 1.92. The third-order valence-corrected chi connectivity index (χ3v) is 5.76. The molecule has 0 heterocycles. The molecule has 0 amide bonds. The van der Waals surface area contributed by atoms with E-state index in [4.69, 9.17) is 0 Å². The highest BCUT2D eigenvalue weighted by molar-refractivity contribution is 7.92. The molecule has 122 valence electrons. The van der Waals surface area contributed by atoms with Gasteiger partial charge < -0.3 is 0 Å². The molecule has 0 bridgehead atoms. The maximum absolute atomic E-state index is 13.2. The summed E-state index contributed by atoms with van der Waals surface area (Å²) in [4.78, 5) is 0.284. The number of aryl methyl sites for hydroxylation is 1. The van der Waals surface area contributed by atoms with Crippen LogP contribution >= 0.6 is 0 Å². The summed E-state index contributed by atoms with van der Waals surface area (Å²) in [7, 11) is -3.67. The molecular formula is C20H19NO2S. The van der Waals surface area contributed by atoms with Gasteiger partial charge in [0.2, 0.25) is 0 Å². The van der Waals surface area contributed by atoms with Crippen LogP contribution in [0.4, 0.5) is 5.69 Å². The van der Waals surface area contributed by atoms with Crippen LogP contribution in [0.25, 0.3) is 10.8 Å². The Morgan fingerprint density at radius 2 is 1.62 bits per heavy atom. The lowest BCUT2D eigenvalue weighted by molar-refractivity contribution is 0.593. The number of para-hydroxylation sites is 1. The van der Waals surface area contributed by atoms with E-state index in [-0.39, 0.29) is 11.4 Å². The average Bonchev–Trinajstić information content (AvgIpc) is 2.60. The predicted octanol–water partition coefficient (Wildman–Crippen LogP) is 4.53. The van der Waals surface area contributed by atoms with Gasteiger partial charge in [-0.1, -0.05) is 54.6 Å². The van der Waals surface area contributed by atoms with E-state index in [0.29, 0.717) is 5.69 Å². The minimum Gasteiger partial charge on any atom is -0.262 e. The van der Waals surface area contributed by atoms with E-state index in [1.54, 1.807) is 18.2 Å². The summed E-state index contributed by atoms with van der Waals surface area (Å²) < 4.78 is 27.8. The summed E-state index contributed by atoms with van der Waals surface area (Å²) in [6.45, 7) is 5.83. The molecule has 0 radical (unpaired) electrons. The Hall–Kier alpha value is -2.59. The van der Waals surface area contributed by atoms with Gasteiger partial charge in [-0.3, -0.25) is 4.31 Å². The molecule has 0 saturated carbocycles. The topological polar surface area (TPSA) is 37.4 Å². The quantitative estimate of drug-likeness (QED) is 0.642. The number of benzene rings is 3. The molecule has 0 aromatic heterocycles. The van der Waals surface area contributed by atoms with Crippen molar-refractivity contribution in [3.05, 3.63) is 84.9 Å². The molecule has 3 rings (SSSR count). The van der Waals surface area contributed by atoms with Crippen molar-refractivity contribution >= 4 is 26.5 Å². The van der Waals surface area contributed by atoms with Crippen LogP contribution < -0.4 is 4.31 Å². The first-order valence-corrected chi connectivity index (χ1v) is 9.16. The fraction of sp³-hybridized carbons (Fsp3) is 0.100. The molecule has 0 aliphatic heterocycles. The van der Waals surface area contributed by atoms with Gasteiger partial charge in [0, 0.05) is 0 Å². The number of nitrogens with zero attached hydrogens (tertiary/aromatic N) is 1. The second kappa shape index (κ2) is 6.49. The lowest BCUT2D eigenvalue weighted by atomic mass is 10.1. The van der Waals surface area contributed by atoms with Crippen LogP contribution in [0.3, 0.4) is 0 Å². The average molecular weight is 337 g/mol. The zero-order valence-electron chi connectivity index (χ0n) is 13.5. The van der Waals surface area contributed by atoms with E-state index < -0.39 is 10.0 Å². The summed E-state index contributed by atoms with van der Waals surface area (Å²) in [6.07, 6.45) is 1.60. The number of anilines is 1. The molecule has 3 aromatic rings. The molecule has 0 fully saturated rings. The molecule has 0 aliphatic rings. The molecule has 0 saturated heterocycles. The normalized spacial score (nSPS) is 11.4. The van der Waals surface area contributed by atoms with E-state index in [1.165, 1.54) is 4.31 Å². The minimum atomic E-state index is -3.67. The van der Waals surface area contributed by atoms with E-state index in [9.17, 15) is 8.42 Å². The number of fused-ring (bicyclic) bond motifs is 1. The highest BCUT2D eigenvalue weighted by Crippen LogP contribution is 2.28. The third kappa shape index (κ3) is 2.93. The fourth-order valence-corrected chi connectivity index (χ4v) is 4.28. The Balaban J connectivity index is 2.14. The summed E-state index contributed by atoms with van der Waals surface area (Å²) in [5.41, 5.74) is 1.58. The fourth-order valence-electron chi connectivity index (χ4n) is 2.74. The van der Waals surface area contributed by atoms with Gasteiger partial charge in [0.25, 0.3) is 10.0 Å². The Morgan fingerprint density at radius 3 is 2.33 bits per heavy atom. The molecule has 4 heteroatoms. The molecule has 0 N–H and O–H groups in total. The lowest BCUT2D eigenvalue weighted by Crippen LogP contribution is -2.31. The molecule has 3 nitrogen and oxygen atoms in total. The molecule has 0 aliphatic carbocycles. The monoisotopic (exact) mass is 337 g/mol. The first-order chi connectivity index (χ1) is 11.5. The second-order valence-electron chi connectivity index (χ2n) is 5.62. The van der Waals surface area contributed by atoms with Crippen LogP contribution in [0.5, 0.6) is 0 Å². The third-order valence-electron chi connectivity index (χ3n) is 3.99. The summed E-state index contributed by atoms with van der Waals surface area (Å²) in [6, 6.07) is 20.4. The number of sulfonamides is 1. The van der Waals surface area contributed by atoms with Crippen molar-refractivity contribution in [2.45, 2.75) is 11.8 Å².